The van der Waals surface area contributed by atoms with Crippen LogP contribution in [0, 0.1) is 13.8 Å². The molecule has 0 aliphatic heterocycles. The fraction of sp³-hybridized carbons (Fsp3) is 0.400. The molecule has 1 nitrogen and oxygen atoms in total. The molecule has 13 heavy (non-hydrogen) atoms. The van der Waals surface area contributed by atoms with Crippen LogP contribution in [0.15, 0.2) is 17.1 Å². The van der Waals surface area contributed by atoms with Gasteiger partial charge in [-0.3, -0.25) is 0 Å². The van der Waals surface area contributed by atoms with Crippen molar-refractivity contribution in [1.82, 2.24) is 5.32 Å². The smallest absolute Gasteiger partial charge is 0.0268 e. The van der Waals surface area contributed by atoms with E-state index in [0.29, 0.717) is 0 Å². The number of thiophene rings is 1. The maximum absolute atomic E-state index is 3.77. The minimum absolute atomic E-state index is 0.828. The largest absolute Gasteiger partial charge is 0.308 e. The number of nitrogens with one attached hydrogen (secondary N) is 1. The Labute approximate surface area is 92.0 Å². The standard InChI is InChI=1S/C10H14BrNS/c1-7(11)5-12-6-10-4-8(2)13-9(10)3/h4,12H,1,5-6H2,2-3H3. The predicted molar refractivity (Wildman–Crippen MR) is 63.6 cm³/mol. The van der Waals surface area contributed by atoms with Gasteiger partial charge in [0.25, 0.3) is 0 Å². The molecule has 1 aromatic heterocycles. The number of hydrogen-bond acceptors (Lipinski definition) is 2. The fourth-order valence-corrected chi connectivity index (χ4v) is 2.34. The number of halogens is 1. The van der Waals surface area contributed by atoms with Crippen LogP contribution in [0.4, 0.5) is 0 Å². The Kier molecular flexibility index (Phi) is 4.16. The highest BCUT2D eigenvalue weighted by atomic mass is 79.9. The minimum Gasteiger partial charge on any atom is -0.308 e. The lowest BCUT2D eigenvalue weighted by Crippen LogP contribution is -2.14. The normalized spacial score (nSPS) is 10.4. The van der Waals surface area contributed by atoms with Gasteiger partial charge in [-0.25, -0.2) is 0 Å². The molecule has 1 rings (SSSR count). The second-order valence-electron chi connectivity index (χ2n) is 3.06. The zero-order chi connectivity index (χ0) is 9.84. The van der Waals surface area contributed by atoms with Crippen molar-refractivity contribution in [3.8, 4) is 0 Å². The molecular formula is C10H14BrNS. The molecule has 1 heterocycles. The highest BCUT2D eigenvalue weighted by molar-refractivity contribution is 9.11. The molecule has 1 N–H and O–H groups in total. The van der Waals surface area contributed by atoms with Gasteiger partial charge in [-0.05, 0) is 25.5 Å². The Morgan fingerprint density at radius 2 is 2.31 bits per heavy atom. The van der Waals surface area contributed by atoms with Crippen molar-refractivity contribution in [2.45, 2.75) is 20.4 Å². The van der Waals surface area contributed by atoms with Crippen molar-refractivity contribution >= 4 is 27.3 Å². The van der Waals surface area contributed by atoms with Gasteiger partial charge in [-0.15, -0.1) is 11.3 Å². The lowest BCUT2D eigenvalue weighted by Gasteiger charge is -2.02. The summed E-state index contributed by atoms with van der Waals surface area (Å²) in [7, 11) is 0. The van der Waals surface area contributed by atoms with Crippen molar-refractivity contribution in [3.05, 3.63) is 32.4 Å². The van der Waals surface area contributed by atoms with E-state index in [1.165, 1.54) is 15.3 Å². The minimum atomic E-state index is 0.828. The molecule has 0 spiro atoms. The molecular weight excluding hydrogens is 246 g/mol. The molecule has 0 saturated heterocycles. The Hall–Kier alpha value is -0.120. The van der Waals surface area contributed by atoms with Gasteiger partial charge in [-0.1, -0.05) is 22.5 Å². The summed E-state index contributed by atoms with van der Waals surface area (Å²) in [6, 6.07) is 2.24. The molecule has 0 aromatic carbocycles. The average molecular weight is 260 g/mol. The fourth-order valence-electron chi connectivity index (χ4n) is 1.19. The van der Waals surface area contributed by atoms with E-state index < -0.39 is 0 Å². The van der Waals surface area contributed by atoms with Gasteiger partial charge in [0, 0.05) is 27.3 Å². The summed E-state index contributed by atoms with van der Waals surface area (Å²) < 4.78 is 0.997. The molecule has 0 unspecified atom stereocenters. The van der Waals surface area contributed by atoms with Gasteiger partial charge < -0.3 is 5.32 Å². The van der Waals surface area contributed by atoms with Crippen LogP contribution in [0.1, 0.15) is 15.3 Å². The zero-order valence-electron chi connectivity index (χ0n) is 7.98. The second kappa shape index (κ2) is 4.94. The lowest BCUT2D eigenvalue weighted by molar-refractivity contribution is 0.756. The van der Waals surface area contributed by atoms with Crippen molar-refractivity contribution in [1.29, 1.82) is 0 Å². The predicted octanol–water partition coefficient (Wildman–Crippen LogP) is 3.36. The maximum atomic E-state index is 3.77. The summed E-state index contributed by atoms with van der Waals surface area (Å²) in [5.41, 5.74) is 1.40. The van der Waals surface area contributed by atoms with Crippen LogP contribution >= 0.6 is 27.3 Å². The molecule has 0 saturated carbocycles. The highest BCUT2D eigenvalue weighted by Gasteiger charge is 2.01. The van der Waals surface area contributed by atoms with Crippen molar-refractivity contribution in [2.75, 3.05) is 6.54 Å². The van der Waals surface area contributed by atoms with E-state index in [2.05, 4.69) is 47.7 Å². The maximum Gasteiger partial charge on any atom is 0.0268 e. The summed E-state index contributed by atoms with van der Waals surface area (Å²) in [4.78, 5) is 2.79. The van der Waals surface area contributed by atoms with Crippen LogP contribution in [-0.4, -0.2) is 6.54 Å². The Balaban J connectivity index is 2.45. The van der Waals surface area contributed by atoms with Crippen molar-refractivity contribution < 1.29 is 0 Å². The van der Waals surface area contributed by atoms with E-state index in [4.69, 9.17) is 0 Å². The second-order valence-corrected chi connectivity index (χ2v) is 5.64. The summed E-state index contributed by atoms with van der Waals surface area (Å²) >= 11 is 5.17. The van der Waals surface area contributed by atoms with E-state index in [9.17, 15) is 0 Å². The molecule has 0 bridgehead atoms. The van der Waals surface area contributed by atoms with E-state index >= 15 is 0 Å². The van der Waals surface area contributed by atoms with Crippen LogP contribution in [0.25, 0.3) is 0 Å². The Bertz CT molecular complexity index is 304. The van der Waals surface area contributed by atoms with Gasteiger partial charge in [0.1, 0.15) is 0 Å². The topological polar surface area (TPSA) is 12.0 Å². The molecule has 0 amide bonds. The van der Waals surface area contributed by atoms with E-state index in [1.54, 1.807) is 0 Å². The third-order valence-corrected chi connectivity index (χ3v) is 3.06. The third-order valence-electron chi connectivity index (χ3n) is 1.78. The lowest BCUT2D eigenvalue weighted by atomic mass is 10.2. The van der Waals surface area contributed by atoms with E-state index in [-0.39, 0.29) is 0 Å². The highest BCUT2D eigenvalue weighted by Crippen LogP contribution is 2.20. The van der Waals surface area contributed by atoms with Gasteiger partial charge in [0.2, 0.25) is 0 Å². The quantitative estimate of drug-likeness (QED) is 0.875. The Morgan fingerprint density at radius 3 is 2.77 bits per heavy atom. The molecule has 1 aromatic rings. The number of aryl methyl sites for hydroxylation is 2. The first-order chi connectivity index (χ1) is 6.09. The molecule has 0 fully saturated rings. The van der Waals surface area contributed by atoms with Crippen LogP contribution < -0.4 is 5.32 Å². The monoisotopic (exact) mass is 259 g/mol. The average Bonchev–Trinajstić information content (AvgIpc) is 2.29. The van der Waals surface area contributed by atoms with Crippen LogP contribution in [0.5, 0.6) is 0 Å². The molecule has 72 valence electrons. The zero-order valence-corrected chi connectivity index (χ0v) is 10.4. The molecule has 0 atom stereocenters. The van der Waals surface area contributed by atoms with Gasteiger partial charge in [-0.2, -0.15) is 0 Å². The first kappa shape index (κ1) is 11.0. The molecule has 3 heteroatoms. The van der Waals surface area contributed by atoms with Crippen LogP contribution in [0.2, 0.25) is 0 Å². The van der Waals surface area contributed by atoms with E-state index in [1.807, 2.05) is 11.3 Å². The molecule has 0 aliphatic carbocycles. The number of hydrogen-bond donors (Lipinski definition) is 1. The molecule has 0 aliphatic rings. The van der Waals surface area contributed by atoms with Gasteiger partial charge >= 0.3 is 0 Å². The van der Waals surface area contributed by atoms with Crippen LogP contribution in [0.3, 0.4) is 0 Å². The van der Waals surface area contributed by atoms with Crippen molar-refractivity contribution in [2.24, 2.45) is 0 Å². The first-order valence-electron chi connectivity index (χ1n) is 4.19. The SMILES string of the molecule is C=C(Br)CNCc1cc(C)sc1C. The summed E-state index contributed by atoms with van der Waals surface area (Å²) in [5.74, 6) is 0. The summed E-state index contributed by atoms with van der Waals surface area (Å²) in [6.45, 7) is 9.84. The van der Waals surface area contributed by atoms with Gasteiger partial charge in [0.05, 0.1) is 0 Å². The van der Waals surface area contributed by atoms with Crippen LogP contribution in [-0.2, 0) is 6.54 Å². The molecule has 0 radical (unpaired) electrons. The Morgan fingerprint density at radius 1 is 1.62 bits per heavy atom. The summed E-state index contributed by atoms with van der Waals surface area (Å²) in [6.07, 6.45) is 0. The first-order valence-corrected chi connectivity index (χ1v) is 5.80. The third kappa shape index (κ3) is 3.63. The van der Waals surface area contributed by atoms with E-state index in [0.717, 1.165) is 17.6 Å². The summed E-state index contributed by atoms with van der Waals surface area (Å²) in [5, 5.41) is 3.32. The van der Waals surface area contributed by atoms with Crippen molar-refractivity contribution in [3.63, 3.8) is 0 Å². The number of rotatable bonds is 4. The van der Waals surface area contributed by atoms with Gasteiger partial charge in [0.15, 0.2) is 0 Å².